The molecule has 17 heavy (non-hydrogen) atoms. The molecule has 2 fully saturated rings. The van der Waals surface area contributed by atoms with Crippen LogP contribution >= 0.6 is 11.8 Å². The first-order valence-corrected chi connectivity index (χ1v) is 7.62. The quantitative estimate of drug-likeness (QED) is 0.818. The lowest BCUT2D eigenvalue weighted by molar-refractivity contribution is -0.130. The number of thioether (sulfide) groups is 1. The first-order chi connectivity index (χ1) is 7.97. The molecule has 98 valence electrons. The molecule has 0 aromatic rings. The van der Waals surface area contributed by atoms with Crippen molar-refractivity contribution in [2.75, 3.05) is 18.8 Å². The number of carbonyl (C=O) groups is 1. The van der Waals surface area contributed by atoms with Crippen molar-refractivity contribution in [1.82, 2.24) is 10.2 Å². The van der Waals surface area contributed by atoms with Crippen molar-refractivity contribution in [3.05, 3.63) is 0 Å². The van der Waals surface area contributed by atoms with Crippen LogP contribution in [0, 0.1) is 0 Å². The maximum Gasteiger partial charge on any atom is 0.233 e. The van der Waals surface area contributed by atoms with E-state index in [2.05, 4.69) is 31.0 Å². The van der Waals surface area contributed by atoms with Gasteiger partial charge in [0.2, 0.25) is 5.91 Å². The fourth-order valence-corrected chi connectivity index (χ4v) is 3.45. The molecule has 0 aliphatic carbocycles. The van der Waals surface area contributed by atoms with E-state index in [0.717, 1.165) is 19.5 Å². The monoisotopic (exact) mass is 256 g/mol. The summed E-state index contributed by atoms with van der Waals surface area (Å²) in [5.74, 6) is 0.984. The molecule has 0 aromatic heterocycles. The minimum Gasteiger partial charge on any atom is -0.335 e. The maximum absolute atomic E-state index is 12.3. The largest absolute Gasteiger partial charge is 0.335 e. The van der Waals surface area contributed by atoms with Crippen LogP contribution in [0.25, 0.3) is 0 Å². The molecule has 2 saturated heterocycles. The van der Waals surface area contributed by atoms with Gasteiger partial charge in [-0.2, -0.15) is 0 Å². The van der Waals surface area contributed by atoms with Crippen LogP contribution in [0.4, 0.5) is 0 Å². The summed E-state index contributed by atoms with van der Waals surface area (Å²) in [5, 5.41) is 3.44. The standard InChI is InChI=1S/C13H24N2OS/c1-13(2,3)17-9-12(16)15-10-4-5-11(15)8-14-7-6-10/h10-11,14H,4-9H2,1-3H3. The number of nitrogens with zero attached hydrogens (tertiary/aromatic N) is 1. The summed E-state index contributed by atoms with van der Waals surface area (Å²) in [6.07, 6.45) is 3.52. The lowest BCUT2D eigenvalue weighted by atomic mass is 10.1. The normalized spacial score (nSPS) is 29.2. The summed E-state index contributed by atoms with van der Waals surface area (Å²) in [4.78, 5) is 14.5. The highest BCUT2D eigenvalue weighted by Gasteiger charge is 2.37. The zero-order chi connectivity index (χ0) is 12.5. The van der Waals surface area contributed by atoms with E-state index in [1.54, 1.807) is 11.8 Å². The second kappa shape index (κ2) is 5.19. The van der Waals surface area contributed by atoms with E-state index < -0.39 is 0 Å². The number of carbonyl (C=O) groups excluding carboxylic acids is 1. The smallest absolute Gasteiger partial charge is 0.233 e. The molecule has 0 aromatic carbocycles. The van der Waals surface area contributed by atoms with Gasteiger partial charge in [-0.3, -0.25) is 4.79 Å². The van der Waals surface area contributed by atoms with E-state index in [4.69, 9.17) is 0 Å². The van der Waals surface area contributed by atoms with Crippen LogP contribution in [-0.2, 0) is 4.79 Å². The van der Waals surface area contributed by atoms with Crippen LogP contribution in [0.3, 0.4) is 0 Å². The molecule has 2 rings (SSSR count). The number of hydrogen-bond donors (Lipinski definition) is 1. The third kappa shape index (κ3) is 3.38. The van der Waals surface area contributed by atoms with Crippen LogP contribution in [0.2, 0.25) is 0 Å². The van der Waals surface area contributed by atoms with Gasteiger partial charge in [0.1, 0.15) is 0 Å². The van der Waals surface area contributed by atoms with Gasteiger partial charge in [0.05, 0.1) is 5.75 Å². The number of rotatable bonds is 2. The van der Waals surface area contributed by atoms with Crippen molar-refractivity contribution < 1.29 is 4.79 Å². The summed E-state index contributed by atoms with van der Waals surface area (Å²) in [7, 11) is 0. The Kier molecular flexibility index (Phi) is 4.03. The SMILES string of the molecule is CC(C)(C)SCC(=O)N1C2CCNCC1CC2. The van der Waals surface area contributed by atoms with Crippen LogP contribution < -0.4 is 5.32 Å². The molecule has 2 bridgehead atoms. The molecule has 3 nitrogen and oxygen atoms in total. The summed E-state index contributed by atoms with van der Waals surface area (Å²) in [5.41, 5.74) is 0. The summed E-state index contributed by atoms with van der Waals surface area (Å²) in [6, 6.07) is 0.957. The van der Waals surface area contributed by atoms with Crippen molar-refractivity contribution >= 4 is 17.7 Å². The highest BCUT2D eigenvalue weighted by atomic mass is 32.2. The Morgan fingerprint density at radius 2 is 2.00 bits per heavy atom. The van der Waals surface area contributed by atoms with Gasteiger partial charge >= 0.3 is 0 Å². The predicted octanol–water partition coefficient (Wildman–Crippen LogP) is 1.87. The Morgan fingerprint density at radius 3 is 2.71 bits per heavy atom. The third-order valence-electron chi connectivity index (χ3n) is 3.57. The molecule has 0 radical (unpaired) electrons. The van der Waals surface area contributed by atoms with Crippen molar-refractivity contribution in [3.63, 3.8) is 0 Å². The molecule has 0 spiro atoms. The van der Waals surface area contributed by atoms with E-state index in [1.165, 1.54) is 12.8 Å². The molecule has 1 N–H and O–H groups in total. The topological polar surface area (TPSA) is 32.3 Å². The molecule has 4 heteroatoms. The minimum absolute atomic E-state index is 0.179. The highest BCUT2D eigenvalue weighted by molar-refractivity contribution is 8.01. The Labute approximate surface area is 109 Å². The number of nitrogens with one attached hydrogen (secondary N) is 1. The molecule has 2 aliphatic heterocycles. The second-order valence-corrected chi connectivity index (χ2v) is 7.88. The Balaban J connectivity index is 1.94. The molecular formula is C13H24N2OS. The van der Waals surface area contributed by atoms with Gasteiger partial charge < -0.3 is 10.2 Å². The highest BCUT2D eigenvalue weighted by Crippen LogP contribution is 2.30. The van der Waals surface area contributed by atoms with Gasteiger partial charge in [0, 0.05) is 23.4 Å². The molecule has 1 amide bonds. The van der Waals surface area contributed by atoms with E-state index in [-0.39, 0.29) is 4.75 Å². The lowest BCUT2D eigenvalue weighted by Gasteiger charge is -2.29. The lowest BCUT2D eigenvalue weighted by Crippen LogP contribution is -2.43. The fraction of sp³-hybridized carbons (Fsp3) is 0.923. The van der Waals surface area contributed by atoms with Crippen molar-refractivity contribution in [1.29, 1.82) is 0 Å². The first-order valence-electron chi connectivity index (χ1n) is 6.63. The van der Waals surface area contributed by atoms with E-state index in [9.17, 15) is 4.79 Å². The fourth-order valence-electron chi connectivity index (χ4n) is 2.74. The predicted molar refractivity (Wildman–Crippen MR) is 73.4 cm³/mol. The molecule has 2 unspecified atom stereocenters. The van der Waals surface area contributed by atoms with Gasteiger partial charge in [-0.25, -0.2) is 0 Å². The number of amides is 1. The summed E-state index contributed by atoms with van der Waals surface area (Å²) >= 11 is 1.76. The van der Waals surface area contributed by atoms with Gasteiger partial charge in [0.15, 0.2) is 0 Å². The molecule has 2 heterocycles. The average Bonchev–Trinajstić information content (AvgIpc) is 2.47. The van der Waals surface area contributed by atoms with Crippen molar-refractivity contribution in [2.45, 2.75) is 56.9 Å². The van der Waals surface area contributed by atoms with Crippen LogP contribution in [0.15, 0.2) is 0 Å². The Hall–Kier alpha value is -0.220. The first kappa shape index (κ1) is 13.2. The van der Waals surface area contributed by atoms with Gasteiger partial charge in [-0.1, -0.05) is 20.8 Å². The summed E-state index contributed by atoms with van der Waals surface area (Å²) < 4.78 is 0.179. The second-order valence-electron chi connectivity index (χ2n) is 6.08. The van der Waals surface area contributed by atoms with Crippen LogP contribution in [0.5, 0.6) is 0 Å². The Morgan fingerprint density at radius 1 is 1.29 bits per heavy atom. The van der Waals surface area contributed by atoms with Crippen molar-refractivity contribution in [3.8, 4) is 0 Å². The minimum atomic E-state index is 0.179. The third-order valence-corrected chi connectivity index (χ3v) is 4.83. The van der Waals surface area contributed by atoms with E-state index >= 15 is 0 Å². The summed E-state index contributed by atoms with van der Waals surface area (Å²) in [6.45, 7) is 8.57. The number of hydrogen-bond acceptors (Lipinski definition) is 3. The number of fused-ring (bicyclic) bond motifs is 2. The van der Waals surface area contributed by atoms with E-state index in [0.29, 0.717) is 23.7 Å². The maximum atomic E-state index is 12.3. The average molecular weight is 256 g/mol. The van der Waals surface area contributed by atoms with Gasteiger partial charge in [-0.15, -0.1) is 11.8 Å². The molecule has 0 saturated carbocycles. The van der Waals surface area contributed by atoms with Crippen LogP contribution in [-0.4, -0.2) is 46.5 Å². The molecule has 2 aliphatic rings. The zero-order valence-electron chi connectivity index (χ0n) is 11.2. The van der Waals surface area contributed by atoms with Gasteiger partial charge in [0.25, 0.3) is 0 Å². The zero-order valence-corrected chi connectivity index (χ0v) is 12.0. The molecular weight excluding hydrogens is 232 g/mol. The van der Waals surface area contributed by atoms with E-state index in [1.807, 2.05) is 0 Å². The molecule has 2 atom stereocenters. The Bertz CT molecular complexity index is 274. The van der Waals surface area contributed by atoms with Gasteiger partial charge in [-0.05, 0) is 25.8 Å². The van der Waals surface area contributed by atoms with Crippen molar-refractivity contribution in [2.24, 2.45) is 0 Å². The van der Waals surface area contributed by atoms with Crippen LogP contribution in [0.1, 0.15) is 40.0 Å².